The summed E-state index contributed by atoms with van der Waals surface area (Å²) in [5.74, 6) is 0.285. The summed E-state index contributed by atoms with van der Waals surface area (Å²) in [6.45, 7) is 7.59. The zero-order valence-electron chi connectivity index (χ0n) is 11.2. The highest BCUT2D eigenvalue weighted by Crippen LogP contribution is 2.21. The first-order valence-electron chi connectivity index (χ1n) is 6.22. The second-order valence-electron chi connectivity index (χ2n) is 5.43. The molecule has 0 aliphatic carbocycles. The van der Waals surface area contributed by atoms with Crippen LogP contribution in [0, 0.1) is 5.41 Å². The number of nitrogens with one attached hydrogen (secondary N) is 1. The Kier molecular flexibility index (Phi) is 7.91. The van der Waals surface area contributed by atoms with Gasteiger partial charge in [-0.1, -0.05) is 25.9 Å². The van der Waals surface area contributed by atoms with E-state index in [1.54, 1.807) is 0 Å². The lowest BCUT2D eigenvalue weighted by atomic mass is 9.85. The van der Waals surface area contributed by atoms with Gasteiger partial charge in [-0.05, 0) is 31.2 Å². The molecular formula is C12H27N3O2. The van der Waals surface area contributed by atoms with Crippen LogP contribution in [0.25, 0.3) is 0 Å². The summed E-state index contributed by atoms with van der Waals surface area (Å²) >= 11 is 0. The summed E-state index contributed by atoms with van der Waals surface area (Å²) in [4.78, 5) is 0. The molecule has 0 aromatic rings. The van der Waals surface area contributed by atoms with E-state index in [2.05, 4.69) is 31.2 Å². The van der Waals surface area contributed by atoms with Gasteiger partial charge in [0.15, 0.2) is 0 Å². The summed E-state index contributed by atoms with van der Waals surface area (Å²) in [6, 6.07) is 0.316. The van der Waals surface area contributed by atoms with Crippen molar-refractivity contribution in [3.8, 4) is 0 Å². The average Bonchev–Trinajstić information content (AvgIpc) is 2.25. The Bertz CT molecular complexity index is 224. The summed E-state index contributed by atoms with van der Waals surface area (Å²) in [7, 11) is 0. The van der Waals surface area contributed by atoms with Gasteiger partial charge in [-0.15, -0.1) is 0 Å². The molecule has 0 spiro atoms. The largest absolute Gasteiger partial charge is 0.409 e. The van der Waals surface area contributed by atoms with Crippen LogP contribution >= 0.6 is 0 Å². The minimum absolute atomic E-state index is 0.147. The Morgan fingerprint density at radius 1 is 1.35 bits per heavy atom. The van der Waals surface area contributed by atoms with Gasteiger partial charge in [0, 0.05) is 19.1 Å². The lowest BCUT2D eigenvalue weighted by molar-refractivity contribution is 0.197. The molecule has 0 rings (SSSR count). The first-order valence-corrected chi connectivity index (χ1v) is 6.22. The second kappa shape index (κ2) is 8.31. The van der Waals surface area contributed by atoms with Gasteiger partial charge in [0.05, 0.1) is 0 Å². The number of hydrogen-bond acceptors (Lipinski definition) is 4. The lowest BCUT2D eigenvalue weighted by Crippen LogP contribution is -2.41. The van der Waals surface area contributed by atoms with Crippen LogP contribution in [0.15, 0.2) is 5.16 Å². The third-order valence-corrected chi connectivity index (χ3v) is 2.84. The molecule has 0 saturated carbocycles. The molecular weight excluding hydrogens is 218 g/mol. The van der Waals surface area contributed by atoms with E-state index in [4.69, 9.17) is 16.0 Å². The molecule has 0 aromatic heterocycles. The highest BCUT2D eigenvalue weighted by Gasteiger charge is 2.22. The molecule has 0 saturated heterocycles. The number of aliphatic hydroxyl groups is 1. The van der Waals surface area contributed by atoms with E-state index in [-0.39, 0.29) is 17.9 Å². The predicted molar refractivity (Wildman–Crippen MR) is 70.2 cm³/mol. The highest BCUT2D eigenvalue weighted by atomic mass is 16.4. The smallest absolute Gasteiger partial charge is 0.139 e. The van der Waals surface area contributed by atoms with Crippen molar-refractivity contribution in [3.05, 3.63) is 0 Å². The van der Waals surface area contributed by atoms with Gasteiger partial charge in [-0.3, -0.25) is 0 Å². The minimum Gasteiger partial charge on any atom is -0.409 e. The van der Waals surface area contributed by atoms with Gasteiger partial charge in [0.25, 0.3) is 0 Å². The number of nitrogens with zero attached hydrogens (tertiary/aromatic N) is 1. The van der Waals surface area contributed by atoms with Crippen LogP contribution < -0.4 is 11.1 Å². The van der Waals surface area contributed by atoms with Crippen LogP contribution in [0.2, 0.25) is 0 Å². The van der Waals surface area contributed by atoms with Gasteiger partial charge >= 0.3 is 0 Å². The van der Waals surface area contributed by atoms with Crippen molar-refractivity contribution >= 4 is 5.84 Å². The molecule has 0 heterocycles. The number of aliphatic hydroxyl groups excluding tert-OH is 1. The maximum Gasteiger partial charge on any atom is 0.139 e. The van der Waals surface area contributed by atoms with Gasteiger partial charge in [0.2, 0.25) is 0 Å². The van der Waals surface area contributed by atoms with Crippen LogP contribution in [-0.4, -0.2) is 35.3 Å². The maximum atomic E-state index is 9.01. The summed E-state index contributed by atoms with van der Waals surface area (Å²) in [6.07, 6.45) is 3.27. The van der Waals surface area contributed by atoms with Crippen LogP contribution in [0.1, 0.15) is 46.5 Å². The molecule has 0 aliphatic heterocycles. The van der Waals surface area contributed by atoms with Crippen molar-refractivity contribution in [2.75, 3.05) is 13.2 Å². The molecule has 0 bridgehead atoms. The predicted octanol–water partition coefficient (Wildman–Crippen LogP) is 1.29. The molecule has 5 nitrogen and oxygen atoms in total. The van der Waals surface area contributed by atoms with Crippen molar-refractivity contribution in [2.24, 2.45) is 16.3 Å². The van der Waals surface area contributed by atoms with E-state index in [0.717, 1.165) is 25.8 Å². The zero-order valence-corrected chi connectivity index (χ0v) is 11.2. The Balaban J connectivity index is 3.76. The number of rotatable bonds is 8. The number of hydrogen-bond donors (Lipinski definition) is 4. The molecule has 5 heteroatoms. The van der Waals surface area contributed by atoms with Crippen LogP contribution in [0.4, 0.5) is 0 Å². The number of amidine groups is 1. The monoisotopic (exact) mass is 245 g/mol. The first-order chi connectivity index (χ1) is 7.91. The topological polar surface area (TPSA) is 90.9 Å². The van der Waals surface area contributed by atoms with E-state index < -0.39 is 0 Å². The van der Waals surface area contributed by atoms with Gasteiger partial charge in [-0.25, -0.2) is 0 Å². The van der Waals surface area contributed by atoms with E-state index in [0.29, 0.717) is 12.5 Å². The summed E-state index contributed by atoms with van der Waals surface area (Å²) in [5.41, 5.74) is 5.53. The van der Waals surface area contributed by atoms with Crippen molar-refractivity contribution in [1.29, 1.82) is 0 Å². The number of unbranched alkanes of at least 4 members (excludes halogenated alkanes) is 1. The molecule has 0 aliphatic rings. The van der Waals surface area contributed by atoms with Gasteiger partial charge < -0.3 is 21.4 Å². The normalized spacial score (nSPS) is 14.9. The average molecular weight is 245 g/mol. The van der Waals surface area contributed by atoms with E-state index >= 15 is 0 Å². The van der Waals surface area contributed by atoms with Crippen molar-refractivity contribution in [1.82, 2.24) is 5.32 Å². The molecule has 0 aromatic carbocycles. The third kappa shape index (κ3) is 7.99. The number of oxime groups is 1. The Morgan fingerprint density at radius 2 is 2.00 bits per heavy atom. The fraction of sp³-hybridized carbons (Fsp3) is 0.917. The minimum atomic E-state index is 0.147. The molecule has 1 atom stereocenters. The Morgan fingerprint density at radius 3 is 2.47 bits per heavy atom. The molecule has 0 radical (unpaired) electrons. The van der Waals surface area contributed by atoms with Crippen LogP contribution in [0.5, 0.6) is 0 Å². The van der Waals surface area contributed by atoms with E-state index in [1.165, 1.54) is 0 Å². The van der Waals surface area contributed by atoms with Gasteiger partial charge in [0.1, 0.15) is 5.84 Å². The molecule has 0 fully saturated rings. The fourth-order valence-corrected chi connectivity index (χ4v) is 1.73. The lowest BCUT2D eigenvalue weighted by Gasteiger charge is -2.31. The zero-order chi connectivity index (χ0) is 13.3. The quantitative estimate of drug-likeness (QED) is 0.170. The fourth-order valence-electron chi connectivity index (χ4n) is 1.73. The Hall–Kier alpha value is -0.810. The molecule has 0 amide bonds. The standard InChI is InChI=1S/C12H27N3O2/c1-12(2,3)10(7-9-16)14-8-5-4-6-11(13)15-17/h10,14,16-17H,4-9H2,1-3H3,(H2,13,15). The number of nitrogens with two attached hydrogens (primary N) is 1. The maximum absolute atomic E-state index is 9.01. The molecule has 102 valence electrons. The third-order valence-electron chi connectivity index (χ3n) is 2.84. The molecule has 17 heavy (non-hydrogen) atoms. The van der Waals surface area contributed by atoms with Crippen molar-refractivity contribution in [3.63, 3.8) is 0 Å². The van der Waals surface area contributed by atoms with Crippen LogP contribution in [0.3, 0.4) is 0 Å². The van der Waals surface area contributed by atoms with Crippen molar-refractivity contribution in [2.45, 2.75) is 52.5 Å². The van der Waals surface area contributed by atoms with Crippen molar-refractivity contribution < 1.29 is 10.3 Å². The van der Waals surface area contributed by atoms with E-state index in [9.17, 15) is 0 Å². The van der Waals surface area contributed by atoms with Crippen LogP contribution in [-0.2, 0) is 0 Å². The SMILES string of the molecule is CC(C)(C)C(CCO)NCCCCC(N)=NO. The second-order valence-corrected chi connectivity index (χ2v) is 5.43. The summed E-state index contributed by atoms with van der Waals surface area (Å²) in [5, 5.41) is 23.8. The van der Waals surface area contributed by atoms with E-state index in [1.807, 2.05) is 0 Å². The molecule has 1 unspecified atom stereocenters. The highest BCUT2D eigenvalue weighted by molar-refractivity contribution is 5.79. The first kappa shape index (κ1) is 16.2. The summed E-state index contributed by atoms with van der Waals surface area (Å²) < 4.78 is 0. The molecule has 5 N–H and O–H groups in total. The Labute approximate surface area is 104 Å². The van der Waals surface area contributed by atoms with Gasteiger partial charge in [-0.2, -0.15) is 0 Å².